The summed E-state index contributed by atoms with van der Waals surface area (Å²) in [7, 11) is 0. The van der Waals surface area contributed by atoms with Crippen molar-refractivity contribution in [2.75, 3.05) is 0 Å². The zero-order valence-electron chi connectivity index (χ0n) is 27.1. The molecule has 1 heterocycles. The molecule has 0 spiro atoms. The van der Waals surface area contributed by atoms with Crippen LogP contribution in [-0.4, -0.2) is 4.57 Å². The van der Waals surface area contributed by atoms with Crippen LogP contribution in [0.2, 0.25) is 0 Å². The van der Waals surface area contributed by atoms with Crippen molar-refractivity contribution in [1.29, 1.82) is 0 Å². The summed E-state index contributed by atoms with van der Waals surface area (Å²) in [6, 6.07) is 62.4. The van der Waals surface area contributed by atoms with Gasteiger partial charge in [-0.2, -0.15) is 0 Å². The monoisotopic (exact) mass is 623 g/mol. The molecule has 230 valence electrons. The van der Waals surface area contributed by atoms with Crippen molar-refractivity contribution in [3.05, 3.63) is 187 Å². The van der Waals surface area contributed by atoms with E-state index in [1.807, 2.05) is 0 Å². The molecule has 0 atom stereocenters. The van der Waals surface area contributed by atoms with Crippen LogP contribution in [0.25, 0.3) is 82.8 Å². The van der Waals surface area contributed by atoms with E-state index in [4.69, 9.17) is 0 Å². The van der Waals surface area contributed by atoms with E-state index in [0.29, 0.717) is 0 Å². The highest BCUT2D eigenvalue weighted by molar-refractivity contribution is 6.25. The fraction of sp³-hybridized carbons (Fsp3) is 0.0417. The molecule has 0 fully saturated rings. The lowest BCUT2D eigenvalue weighted by molar-refractivity contribution is 0.898. The summed E-state index contributed by atoms with van der Waals surface area (Å²) in [6.45, 7) is 0. The Hall–Kier alpha value is -6.18. The molecule has 0 unspecified atom stereocenters. The van der Waals surface area contributed by atoms with Crippen LogP contribution in [0, 0.1) is 0 Å². The SMILES string of the molecule is C1=C(c2ccccc2)CCc2c1c1cc(-c3ccccc3)ccc1n2-c1cccc(-c2ccc3c4ccccc4c4ccccc4c3c2)c1. The first-order valence-electron chi connectivity index (χ1n) is 17.2. The second kappa shape index (κ2) is 11.2. The van der Waals surface area contributed by atoms with Crippen LogP contribution in [0.1, 0.15) is 23.2 Å². The van der Waals surface area contributed by atoms with E-state index in [9.17, 15) is 0 Å². The van der Waals surface area contributed by atoms with E-state index in [1.165, 1.54) is 93.6 Å². The third-order valence-electron chi connectivity index (χ3n) is 10.5. The summed E-state index contributed by atoms with van der Waals surface area (Å²) in [5.41, 5.74) is 12.8. The third kappa shape index (κ3) is 4.54. The van der Waals surface area contributed by atoms with Crippen LogP contribution >= 0.6 is 0 Å². The Morgan fingerprint density at radius 3 is 1.59 bits per heavy atom. The molecule has 1 nitrogen and oxygen atoms in total. The number of rotatable bonds is 4. The Kier molecular flexibility index (Phi) is 6.38. The van der Waals surface area contributed by atoms with Gasteiger partial charge in [0.2, 0.25) is 0 Å². The summed E-state index contributed by atoms with van der Waals surface area (Å²) in [4.78, 5) is 0. The van der Waals surface area contributed by atoms with E-state index < -0.39 is 0 Å². The van der Waals surface area contributed by atoms with Gasteiger partial charge in [-0.25, -0.2) is 0 Å². The van der Waals surface area contributed by atoms with Crippen molar-refractivity contribution in [1.82, 2.24) is 4.57 Å². The molecule has 0 aliphatic heterocycles. The van der Waals surface area contributed by atoms with Crippen LogP contribution < -0.4 is 0 Å². The number of benzene rings is 8. The van der Waals surface area contributed by atoms with E-state index in [0.717, 1.165) is 12.8 Å². The van der Waals surface area contributed by atoms with Crippen LogP contribution in [0.4, 0.5) is 0 Å². The first-order valence-corrected chi connectivity index (χ1v) is 17.2. The lowest BCUT2D eigenvalue weighted by Crippen LogP contribution is -2.05. The van der Waals surface area contributed by atoms with Gasteiger partial charge in [0, 0.05) is 22.3 Å². The van der Waals surface area contributed by atoms with Gasteiger partial charge in [-0.05, 0) is 115 Å². The molecule has 49 heavy (non-hydrogen) atoms. The second-order valence-electron chi connectivity index (χ2n) is 13.2. The molecule has 1 aliphatic rings. The molecule has 0 bridgehead atoms. The summed E-state index contributed by atoms with van der Waals surface area (Å²) >= 11 is 0. The molecule has 0 N–H and O–H groups in total. The van der Waals surface area contributed by atoms with E-state index in [1.54, 1.807) is 0 Å². The maximum absolute atomic E-state index is 2.52. The lowest BCUT2D eigenvalue weighted by Gasteiger charge is -2.18. The first kappa shape index (κ1) is 27.9. The Morgan fingerprint density at radius 1 is 0.347 bits per heavy atom. The fourth-order valence-corrected chi connectivity index (χ4v) is 8.17. The van der Waals surface area contributed by atoms with Gasteiger partial charge in [0.05, 0.1) is 5.52 Å². The summed E-state index contributed by atoms with van der Waals surface area (Å²) in [6.07, 6.45) is 4.46. The molecule has 1 heteroatoms. The van der Waals surface area contributed by atoms with Gasteiger partial charge in [0.15, 0.2) is 0 Å². The van der Waals surface area contributed by atoms with Gasteiger partial charge in [-0.15, -0.1) is 0 Å². The largest absolute Gasteiger partial charge is 0.313 e. The minimum absolute atomic E-state index is 0.991. The zero-order valence-corrected chi connectivity index (χ0v) is 27.1. The molecule has 0 saturated heterocycles. The van der Waals surface area contributed by atoms with E-state index >= 15 is 0 Å². The number of hydrogen-bond donors (Lipinski definition) is 0. The van der Waals surface area contributed by atoms with Crippen LogP contribution in [0.5, 0.6) is 0 Å². The molecule has 8 aromatic carbocycles. The number of hydrogen-bond acceptors (Lipinski definition) is 0. The molecule has 1 aromatic heterocycles. The highest BCUT2D eigenvalue weighted by Crippen LogP contribution is 2.41. The molecular formula is C48H33N. The standard InChI is InChI=1S/C48H33N/c1-3-12-32(13-4-1)35-23-26-47-45(30-35)46-31-36(33-14-5-2-6-15-33)24-27-48(46)49(47)38-17-11-16-34(28-38)37-22-25-43-41-20-8-7-18-39(41)40-19-9-10-21-42(40)44(43)29-37/h1-23,25-26,28-31H,24,27H2. The molecule has 0 radical (unpaired) electrons. The van der Waals surface area contributed by atoms with Gasteiger partial charge >= 0.3 is 0 Å². The Morgan fingerprint density at radius 2 is 0.878 bits per heavy atom. The van der Waals surface area contributed by atoms with Crippen LogP contribution in [0.3, 0.4) is 0 Å². The van der Waals surface area contributed by atoms with Gasteiger partial charge in [0.25, 0.3) is 0 Å². The summed E-state index contributed by atoms with van der Waals surface area (Å²) in [5.74, 6) is 0. The van der Waals surface area contributed by atoms with Gasteiger partial charge in [0.1, 0.15) is 0 Å². The first-order chi connectivity index (χ1) is 24.3. The third-order valence-corrected chi connectivity index (χ3v) is 10.5. The predicted molar refractivity (Wildman–Crippen MR) is 209 cm³/mol. The van der Waals surface area contributed by atoms with Crippen molar-refractivity contribution in [3.63, 3.8) is 0 Å². The van der Waals surface area contributed by atoms with E-state index in [-0.39, 0.29) is 0 Å². The predicted octanol–water partition coefficient (Wildman–Crippen LogP) is 12.9. The van der Waals surface area contributed by atoms with Crippen molar-refractivity contribution in [2.45, 2.75) is 12.8 Å². The van der Waals surface area contributed by atoms with Crippen LogP contribution in [0.15, 0.2) is 170 Å². The normalized spacial score (nSPS) is 12.9. The minimum atomic E-state index is 0.991. The van der Waals surface area contributed by atoms with Gasteiger partial charge in [-0.3, -0.25) is 0 Å². The smallest absolute Gasteiger partial charge is 0.0538 e. The van der Waals surface area contributed by atoms with E-state index in [2.05, 4.69) is 181 Å². The quantitative estimate of drug-likeness (QED) is 0.172. The fourth-order valence-electron chi connectivity index (χ4n) is 8.17. The topological polar surface area (TPSA) is 4.93 Å². The molecule has 0 amide bonds. The van der Waals surface area contributed by atoms with Crippen molar-refractivity contribution in [2.24, 2.45) is 0 Å². The Balaban J connectivity index is 1.16. The maximum Gasteiger partial charge on any atom is 0.0538 e. The average molecular weight is 624 g/mol. The van der Waals surface area contributed by atoms with Crippen molar-refractivity contribution in [3.8, 4) is 27.9 Å². The number of allylic oxidation sites excluding steroid dienone is 1. The lowest BCUT2D eigenvalue weighted by atomic mass is 9.91. The van der Waals surface area contributed by atoms with Crippen molar-refractivity contribution >= 4 is 54.9 Å². The van der Waals surface area contributed by atoms with Crippen LogP contribution in [-0.2, 0) is 6.42 Å². The zero-order chi connectivity index (χ0) is 32.3. The summed E-state index contributed by atoms with van der Waals surface area (Å²) < 4.78 is 2.52. The minimum Gasteiger partial charge on any atom is -0.313 e. The average Bonchev–Trinajstić information content (AvgIpc) is 3.51. The molecule has 10 rings (SSSR count). The molecule has 1 aliphatic carbocycles. The maximum atomic E-state index is 2.52. The Bertz CT molecular complexity index is 2710. The number of nitrogens with zero attached hydrogens (tertiary/aromatic N) is 1. The van der Waals surface area contributed by atoms with Gasteiger partial charge < -0.3 is 4.57 Å². The second-order valence-corrected chi connectivity index (χ2v) is 13.2. The highest BCUT2D eigenvalue weighted by Gasteiger charge is 2.22. The molecule has 9 aromatic rings. The Labute approximate surface area is 286 Å². The molecular weight excluding hydrogens is 591 g/mol. The number of fused-ring (bicyclic) bond motifs is 9. The highest BCUT2D eigenvalue weighted by atomic mass is 15.0. The van der Waals surface area contributed by atoms with Crippen molar-refractivity contribution < 1.29 is 0 Å². The molecule has 0 saturated carbocycles. The summed E-state index contributed by atoms with van der Waals surface area (Å²) in [5, 5.41) is 9.13. The number of aromatic nitrogens is 1. The van der Waals surface area contributed by atoms with Gasteiger partial charge in [-0.1, -0.05) is 140 Å².